The van der Waals surface area contributed by atoms with Crippen molar-refractivity contribution in [2.45, 2.75) is 18.9 Å². The number of rotatable bonds is 4. The van der Waals surface area contributed by atoms with Crippen LogP contribution in [0.25, 0.3) is 0 Å². The molecule has 92 valence electrons. The van der Waals surface area contributed by atoms with E-state index in [1.165, 1.54) is 0 Å². The number of carbonyl (C=O) groups excluding carboxylic acids is 1. The first kappa shape index (κ1) is 11.9. The molecule has 0 spiro atoms. The molecule has 0 aromatic heterocycles. The van der Waals surface area contributed by atoms with Gasteiger partial charge in [0.1, 0.15) is 6.10 Å². The molecule has 1 unspecified atom stereocenters. The van der Waals surface area contributed by atoms with Crippen LogP contribution in [0.1, 0.15) is 24.5 Å². The lowest BCUT2D eigenvalue weighted by Gasteiger charge is -2.31. The molecule has 1 aromatic rings. The van der Waals surface area contributed by atoms with Gasteiger partial charge in [-0.25, -0.2) is 4.79 Å². The smallest absolute Gasteiger partial charge is 0.410 e. The first-order valence-electron chi connectivity index (χ1n) is 5.92. The minimum absolute atomic E-state index is 0.103. The summed E-state index contributed by atoms with van der Waals surface area (Å²) in [4.78, 5) is 13.4. The number of amides is 1. The van der Waals surface area contributed by atoms with Crippen LogP contribution >= 0.6 is 0 Å². The summed E-state index contributed by atoms with van der Waals surface area (Å²) in [6, 6.07) is 9.78. The van der Waals surface area contributed by atoms with Crippen LogP contribution in [0.15, 0.2) is 30.3 Å². The zero-order valence-electron chi connectivity index (χ0n) is 9.71. The standard InChI is InChI=1S/C13H17NO3/c15-10-4-8-14-9-7-12(17-13(14)16)11-5-2-1-3-6-11/h1-3,5-6,12,15H,4,7-10H2. The summed E-state index contributed by atoms with van der Waals surface area (Å²) in [5.41, 5.74) is 1.04. The molecule has 1 N–H and O–H groups in total. The summed E-state index contributed by atoms with van der Waals surface area (Å²) in [6.07, 6.45) is 0.999. The number of hydrogen-bond acceptors (Lipinski definition) is 3. The van der Waals surface area contributed by atoms with Crippen LogP contribution in [0, 0.1) is 0 Å². The maximum atomic E-state index is 11.7. The Bertz CT molecular complexity index is 366. The summed E-state index contributed by atoms with van der Waals surface area (Å²) < 4.78 is 5.39. The van der Waals surface area contributed by atoms with E-state index >= 15 is 0 Å². The summed E-state index contributed by atoms with van der Waals surface area (Å²) >= 11 is 0. The number of aliphatic hydroxyl groups is 1. The number of carbonyl (C=O) groups is 1. The Kier molecular flexibility index (Phi) is 3.98. The normalized spacial score (nSPS) is 20.2. The van der Waals surface area contributed by atoms with Crippen molar-refractivity contribution in [1.29, 1.82) is 0 Å². The largest absolute Gasteiger partial charge is 0.441 e. The van der Waals surface area contributed by atoms with Gasteiger partial charge in [-0.2, -0.15) is 0 Å². The lowest BCUT2D eigenvalue weighted by molar-refractivity contribution is 0.0228. The zero-order valence-corrected chi connectivity index (χ0v) is 9.71. The second-order valence-electron chi connectivity index (χ2n) is 4.14. The molecular formula is C13H17NO3. The Balaban J connectivity index is 1.93. The molecule has 0 saturated carbocycles. The quantitative estimate of drug-likeness (QED) is 0.867. The molecule has 1 aromatic carbocycles. The monoisotopic (exact) mass is 235 g/mol. The van der Waals surface area contributed by atoms with Gasteiger partial charge in [0, 0.05) is 26.1 Å². The van der Waals surface area contributed by atoms with E-state index in [4.69, 9.17) is 9.84 Å². The van der Waals surface area contributed by atoms with Crippen molar-refractivity contribution in [2.75, 3.05) is 19.7 Å². The highest BCUT2D eigenvalue weighted by Crippen LogP contribution is 2.26. The predicted molar refractivity (Wildman–Crippen MR) is 63.6 cm³/mol. The van der Waals surface area contributed by atoms with Gasteiger partial charge in [0.15, 0.2) is 0 Å². The van der Waals surface area contributed by atoms with Crippen LogP contribution in [0.3, 0.4) is 0 Å². The van der Waals surface area contributed by atoms with E-state index in [1.807, 2.05) is 30.3 Å². The third-order valence-corrected chi connectivity index (χ3v) is 2.92. The predicted octanol–water partition coefficient (Wildman–Crippen LogP) is 1.95. The molecule has 0 aliphatic carbocycles. The molecule has 1 atom stereocenters. The van der Waals surface area contributed by atoms with E-state index in [-0.39, 0.29) is 18.8 Å². The molecule has 1 aliphatic rings. The van der Waals surface area contributed by atoms with Crippen LogP contribution in [0.4, 0.5) is 4.79 Å². The zero-order chi connectivity index (χ0) is 12.1. The molecule has 4 nitrogen and oxygen atoms in total. The number of hydrogen-bond donors (Lipinski definition) is 1. The average Bonchev–Trinajstić information content (AvgIpc) is 2.38. The lowest BCUT2D eigenvalue weighted by Crippen LogP contribution is -2.39. The molecule has 1 saturated heterocycles. The molecule has 4 heteroatoms. The SMILES string of the molecule is O=C1OC(c2ccccc2)CCN1CCCO. The van der Waals surface area contributed by atoms with Crippen molar-refractivity contribution in [2.24, 2.45) is 0 Å². The molecule has 2 rings (SSSR count). The molecule has 1 amide bonds. The second-order valence-corrected chi connectivity index (χ2v) is 4.14. The molecular weight excluding hydrogens is 218 g/mol. The molecule has 1 fully saturated rings. The van der Waals surface area contributed by atoms with Crippen LogP contribution in [-0.4, -0.2) is 35.8 Å². The molecule has 1 heterocycles. The first-order valence-corrected chi connectivity index (χ1v) is 5.92. The van der Waals surface area contributed by atoms with Gasteiger partial charge in [-0.05, 0) is 12.0 Å². The number of ether oxygens (including phenoxy) is 1. The van der Waals surface area contributed by atoms with Gasteiger partial charge in [0.2, 0.25) is 0 Å². The lowest BCUT2D eigenvalue weighted by atomic mass is 10.1. The van der Waals surface area contributed by atoms with Gasteiger partial charge >= 0.3 is 6.09 Å². The Labute approximate surface area is 101 Å². The third kappa shape index (κ3) is 2.97. The Hall–Kier alpha value is -1.55. The maximum Gasteiger partial charge on any atom is 0.410 e. The molecule has 0 radical (unpaired) electrons. The van der Waals surface area contributed by atoms with Crippen molar-refractivity contribution < 1.29 is 14.6 Å². The summed E-state index contributed by atoms with van der Waals surface area (Å²) in [6.45, 7) is 1.36. The minimum Gasteiger partial charge on any atom is -0.441 e. The van der Waals surface area contributed by atoms with Crippen LogP contribution in [0.2, 0.25) is 0 Å². The fourth-order valence-electron chi connectivity index (χ4n) is 1.99. The molecule has 1 aliphatic heterocycles. The number of nitrogens with zero attached hydrogens (tertiary/aromatic N) is 1. The number of aliphatic hydroxyl groups excluding tert-OH is 1. The van der Waals surface area contributed by atoms with Gasteiger partial charge in [-0.15, -0.1) is 0 Å². The number of benzene rings is 1. The Morgan fingerprint density at radius 3 is 2.76 bits per heavy atom. The summed E-state index contributed by atoms with van der Waals surface area (Å²) in [5, 5.41) is 8.73. The van der Waals surface area contributed by atoms with Gasteiger partial charge in [-0.3, -0.25) is 0 Å². The highest BCUT2D eigenvalue weighted by Gasteiger charge is 2.27. The van der Waals surface area contributed by atoms with Crippen LogP contribution < -0.4 is 0 Å². The third-order valence-electron chi connectivity index (χ3n) is 2.92. The van der Waals surface area contributed by atoms with Crippen LogP contribution in [-0.2, 0) is 4.74 Å². The maximum absolute atomic E-state index is 11.7. The van der Waals surface area contributed by atoms with Gasteiger partial charge in [0.25, 0.3) is 0 Å². The van der Waals surface area contributed by atoms with E-state index in [9.17, 15) is 4.79 Å². The number of cyclic esters (lactones) is 1. The first-order chi connectivity index (χ1) is 8.31. The van der Waals surface area contributed by atoms with Crippen molar-refractivity contribution in [3.05, 3.63) is 35.9 Å². The topological polar surface area (TPSA) is 49.8 Å². The minimum atomic E-state index is -0.279. The van der Waals surface area contributed by atoms with Gasteiger partial charge in [0.05, 0.1) is 0 Å². The van der Waals surface area contributed by atoms with E-state index < -0.39 is 0 Å². The van der Waals surface area contributed by atoms with E-state index in [0.29, 0.717) is 19.5 Å². The van der Waals surface area contributed by atoms with Crippen molar-refractivity contribution >= 4 is 6.09 Å². The van der Waals surface area contributed by atoms with Crippen molar-refractivity contribution in [1.82, 2.24) is 4.90 Å². The fourth-order valence-corrected chi connectivity index (χ4v) is 1.99. The molecule has 17 heavy (non-hydrogen) atoms. The van der Waals surface area contributed by atoms with Crippen molar-refractivity contribution in [3.63, 3.8) is 0 Å². The Morgan fingerprint density at radius 2 is 2.12 bits per heavy atom. The van der Waals surface area contributed by atoms with Gasteiger partial charge < -0.3 is 14.7 Å². The fraction of sp³-hybridized carbons (Fsp3) is 0.462. The highest BCUT2D eigenvalue weighted by molar-refractivity contribution is 5.68. The van der Waals surface area contributed by atoms with Gasteiger partial charge in [-0.1, -0.05) is 30.3 Å². The molecule has 0 bridgehead atoms. The van der Waals surface area contributed by atoms with Crippen molar-refractivity contribution in [3.8, 4) is 0 Å². The highest BCUT2D eigenvalue weighted by atomic mass is 16.6. The van der Waals surface area contributed by atoms with E-state index in [0.717, 1.165) is 12.0 Å². The Morgan fingerprint density at radius 1 is 1.35 bits per heavy atom. The van der Waals surface area contributed by atoms with E-state index in [1.54, 1.807) is 4.90 Å². The summed E-state index contributed by atoms with van der Waals surface area (Å²) in [7, 11) is 0. The summed E-state index contributed by atoms with van der Waals surface area (Å²) in [5.74, 6) is 0. The second kappa shape index (κ2) is 5.68. The average molecular weight is 235 g/mol. The van der Waals surface area contributed by atoms with E-state index in [2.05, 4.69) is 0 Å². The van der Waals surface area contributed by atoms with Crippen LogP contribution in [0.5, 0.6) is 0 Å².